The first-order chi connectivity index (χ1) is 9.61. The molecule has 2 rings (SSSR count). The van der Waals surface area contributed by atoms with Crippen molar-refractivity contribution in [2.45, 2.75) is 19.4 Å². The van der Waals surface area contributed by atoms with Gasteiger partial charge in [-0.15, -0.1) is 0 Å². The molecule has 0 aliphatic heterocycles. The van der Waals surface area contributed by atoms with Crippen molar-refractivity contribution in [1.29, 1.82) is 0 Å². The van der Waals surface area contributed by atoms with E-state index in [9.17, 15) is 9.18 Å². The van der Waals surface area contributed by atoms with Gasteiger partial charge in [0, 0.05) is 5.69 Å². The molecule has 0 aliphatic rings. The number of carbonyl (C=O) groups excluding carboxylic acids is 1. The highest BCUT2D eigenvalue weighted by atomic mass is 19.1. The van der Waals surface area contributed by atoms with Crippen molar-refractivity contribution in [3.05, 3.63) is 65.5 Å². The average Bonchev–Trinajstić information content (AvgIpc) is 2.45. The summed E-state index contributed by atoms with van der Waals surface area (Å²) in [6.07, 6.45) is 0.729. The molecule has 1 amide bonds. The second-order valence-electron chi connectivity index (χ2n) is 4.58. The number of amides is 1. The van der Waals surface area contributed by atoms with Crippen molar-refractivity contribution in [2.75, 3.05) is 5.73 Å². The lowest BCUT2D eigenvalue weighted by atomic mass is 10.0. The van der Waals surface area contributed by atoms with Crippen LogP contribution in [0, 0.1) is 5.82 Å². The van der Waals surface area contributed by atoms with Gasteiger partial charge in [0.05, 0.1) is 11.6 Å². The summed E-state index contributed by atoms with van der Waals surface area (Å²) in [5, 5.41) is 2.84. The molecular formula is C16H17FN2O. The summed E-state index contributed by atoms with van der Waals surface area (Å²) >= 11 is 0. The molecule has 3 nitrogen and oxygen atoms in total. The van der Waals surface area contributed by atoms with E-state index in [0.717, 1.165) is 18.1 Å². The van der Waals surface area contributed by atoms with Crippen LogP contribution in [0.4, 0.5) is 10.1 Å². The summed E-state index contributed by atoms with van der Waals surface area (Å²) in [5.41, 5.74) is 6.78. The Balaban J connectivity index is 2.17. The molecule has 0 spiro atoms. The number of benzene rings is 2. The Bertz CT molecular complexity index is 599. The van der Waals surface area contributed by atoms with Crippen molar-refractivity contribution >= 4 is 11.6 Å². The van der Waals surface area contributed by atoms with Gasteiger partial charge in [-0.3, -0.25) is 4.79 Å². The zero-order valence-corrected chi connectivity index (χ0v) is 11.3. The summed E-state index contributed by atoms with van der Waals surface area (Å²) in [5.74, 6) is -1.04. The van der Waals surface area contributed by atoms with Crippen LogP contribution in [0.2, 0.25) is 0 Å². The Morgan fingerprint density at radius 2 is 1.95 bits per heavy atom. The maximum Gasteiger partial charge on any atom is 0.254 e. The summed E-state index contributed by atoms with van der Waals surface area (Å²) < 4.78 is 13.7. The van der Waals surface area contributed by atoms with Crippen molar-refractivity contribution < 1.29 is 9.18 Å². The van der Waals surface area contributed by atoms with Crippen LogP contribution in [0.15, 0.2) is 48.5 Å². The number of nitrogens with one attached hydrogen (secondary N) is 1. The van der Waals surface area contributed by atoms with Crippen LogP contribution in [0.1, 0.15) is 35.3 Å². The molecule has 0 fully saturated rings. The molecule has 1 atom stereocenters. The average molecular weight is 272 g/mol. The molecule has 2 aromatic rings. The molecule has 20 heavy (non-hydrogen) atoms. The van der Waals surface area contributed by atoms with E-state index in [1.54, 1.807) is 0 Å². The molecule has 104 valence electrons. The van der Waals surface area contributed by atoms with Crippen LogP contribution in [-0.4, -0.2) is 5.91 Å². The Morgan fingerprint density at radius 1 is 1.25 bits per heavy atom. The van der Waals surface area contributed by atoms with E-state index in [4.69, 9.17) is 5.73 Å². The second-order valence-corrected chi connectivity index (χ2v) is 4.58. The SMILES string of the molecule is CCC(NC(=O)c1ccc(N)cc1F)c1ccccc1. The largest absolute Gasteiger partial charge is 0.399 e. The maximum atomic E-state index is 13.7. The molecule has 4 heteroatoms. The van der Waals surface area contributed by atoms with Gasteiger partial charge >= 0.3 is 0 Å². The van der Waals surface area contributed by atoms with Gasteiger partial charge in [0.25, 0.3) is 5.91 Å². The lowest BCUT2D eigenvalue weighted by molar-refractivity contribution is 0.0931. The molecule has 0 aliphatic carbocycles. The normalized spacial score (nSPS) is 11.9. The van der Waals surface area contributed by atoms with Crippen LogP contribution in [-0.2, 0) is 0 Å². The van der Waals surface area contributed by atoms with Crippen molar-refractivity contribution in [2.24, 2.45) is 0 Å². The smallest absolute Gasteiger partial charge is 0.254 e. The second kappa shape index (κ2) is 6.19. The van der Waals surface area contributed by atoms with Crippen LogP contribution in [0.3, 0.4) is 0 Å². The van der Waals surface area contributed by atoms with Gasteiger partial charge in [-0.25, -0.2) is 4.39 Å². The highest BCUT2D eigenvalue weighted by Crippen LogP contribution is 2.18. The number of halogens is 1. The lowest BCUT2D eigenvalue weighted by Gasteiger charge is -2.17. The molecule has 1 unspecified atom stereocenters. The fraction of sp³-hybridized carbons (Fsp3) is 0.188. The topological polar surface area (TPSA) is 55.1 Å². The number of hydrogen-bond acceptors (Lipinski definition) is 2. The van der Waals surface area contributed by atoms with Crippen LogP contribution >= 0.6 is 0 Å². The fourth-order valence-corrected chi connectivity index (χ4v) is 2.06. The van der Waals surface area contributed by atoms with Crippen molar-refractivity contribution in [3.8, 4) is 0 Å². The van der Waals surface area contributed by atoms with Crippen LogP contribution < -0.4 is 11.1 Å². The van der Waals surface area contributed by atoms with E-state index in [1.807, 2.05) is 37.3 Å². The van der Waals surface area contributed by atoms with Crippen LogP contribution in [0.5, 0.6) is 0 Å². The molecular weight excluding hydrogens is 255 g/mol. The van der Waals surface area contributed by atoms with Gasteiger partial charge in [0.15, 0.2) is 0 Å². The molecule has 2 aromatic carbocycles. The molecule has 0 aromatic heterocycles. The van der Waals surface area contributed by atoms with Crippen molar-refractivity contribution in [1.82, 2.24) is 5.32 Å². The highest BCUT2D eigenvalue weighted by Gasteiger charge is 2.16. The Morgan fingerprint density at radius 3 is 2.55 bits per heavy atom. The molecule has 0 saturated carbocycles. The zero-order valence-electron chi connectivity index (χ0n) is 11.3. The summed E-state index contributed by atoms with van der Waals surface area (Å²) in [6.45, 7) is 1.97. The van der Waals surface area contributed by atoms with Crippen molar-refractivity contribution in [3.63, 3.8) is 0 Å². The number of carbonyl (C=O) groups is 1. The molecule has 0 saturated heterocycles. The number of anilines is 1. The molecule has 0 heterocycles. The minimum Gasteiger partial charge on any atom is -0.399 e. The predicted molar refractivity (Wildman–Crippen MR) is 77.8 cm³/mol. The fourth-order valence-electron chi connectivity index (χ4n) is 2.06. The first kappa shape index (κ1) is 14.1. The minimum atomic E-state index is -0.606. The first-order valence-corrected chi connectivity index (χ1v) is 6.52. The van der Waals surface area contributed by atoms with E-state index in [0.29, 0.717) is 5.69 Å². The standard InChI is InChI=1S/C16H17FN2O/c1-2-15(11-6-4-3-5-7-11)19-16(20)13-9-8-12(18)10-14(13)17/h3-10,15H,2,18H2,1H3,(H,19,20). The number of nitrogen functional groups attached to an aromatic ring is 1. The van der Waals surface area contributed by atoms with E-state index in [1.165, 1.54) is 12.1 Å². The molecule has 0 bridgehead atoms. The van der Waals surface area contributed by atoms with E-state index >= 15 is 0 Å². The number of nitrogens with two attached hydrogens (primary N) is 1. The van der Waals surface area contributed by atoms with E-state index in [-0.39, 0.29) is 11.6 Å². The summed E-state index contributed by atoms with van der Waals surface area (Å²) in [6, 6.07) is 13.5. The Labute approximate surface area is 117 Å². The van der Waals surface area contributed by atoms with E-state index < -0.39 is 11.7 Å². The van der Waals surface area contributed by atoms with Gasteiger partial charge < -0.3 is 11.1 Å². The minimum absolute atomic E-state index is 0.00795. The summed E-state index contributed by atoms with van der Waals surface area (Å²) in [4.78, 5) is 12.1. The first-order valence-electron chi connectivity index (χ1n) is 6.52. The van der Waals surface area contributed by atoms with Gasteiger partial charge in [0.2, 0.25) is 0 Å². The number of hydrogen-bond donors (Lipinski definition) is 2. The monoisotopic (exact) mass is 272 g/mol. The molecule has 3 N–H and O–H groups in total. The lowest BCUT2D eigenvalue weighted by Crippen LogP contribution is -2.28. The number of rotatable bonds is 4. The third-order valence-electron chi connectivity index (χ3n) is 3.15. The van der Waals surface area contributed by atoms with Crippen LogP contribution in [0.25, 0.3) is 0 Å². The Hall–Kier alpha value is -2.36. The molecule has 0 radical (unpaired) electrons. The third kappa shape index (κ3) is 3.15. The van der Waals surface area contributed by atoms with Gasteiger partial charge in [-0.05, 0) is 30.2 Å². The third-order valence-corrected chi connectivity index (χ3v) is 3.15. The van der Waals surface area contributed by atoms with Gasteiger partial charge in [-0.2, -0.15) is 0 Å². The van der Waals surface area contributed by atoms with E-state index in [2.05, 4.69) is 5.32 Å². The maximum absolute atomic E-state index is 13.7. The Kier molecular flexibility index (Phi) is 4.35. The predicted octanol–water partition coefficient (Wildman–Crippen LogP) is 3.29. The summed E-state index contributed by atoms with van der Waals surface area (Å²) in [7, 11) is 0. The quantitative estimate of drug-likeness (QED) is 0.839. The highest BCUT2D eigenvalue weighted by molar-refractivity contribution is 5.95. The van der Waals surface area contributed by atoms with Gasteiger partial charge in [-0.1, -0.05) is 37.3 Å². The zero-order chi connectivity index (χ0) is 14.5. The van der Waals surface area contributed by atoms with Gasteiger partial charge in [0.1, 0.15) is 5.82 Å².